The fourth-order valence-corrected chi connectivity index (χ4v) is 2.36. The van der Waals surface area contributed by atoms with Gasteiger partial charge in [-0.25, -0.2) is 4.79 Å². The zero-order chi connectivity index (χ0) is 12.4. The van der Waals surface area contributed by atoms with Gasteiger partial charge in [0.25, 0.3) is 0 Å². The Kier molecular flexibility index (Phi) is 2.69. The highest BCUT2D eigenvalue weighted by atomic mass is 16.5. The zero-order valence-corrected chi connectivity index (χ0v) is 9.72. The molecule has 2 heteroatoms. The summed E-state index contributed by atoms with van der Waals surface area (Å²) in [7, 11) is 0. The third kappa shape index (κ3) is 1.72. The van der Waals surface area contributed by atoms with Crippen molar-refractivity contribution in [3.8, 4) is 0 Å². The Hall–Kier alpha value is -2.35. The number of carbonyl (C=O) groups excluding carboxylic acids is 1. The lowest BCUT2D eigenvalue weighted by Gasteiger charge is -2.09. The minimum Gasteiger partial charge on any atom is -0.452 e. The Labute approximate surface area is 105 Å². The van der Waals surface area contributed by atoms with Crippen LogP contribution in [-0.4, -0.2) is 6.47 Å². The normalized spacial score (nSPS) is 10.7. The van der Waals surface area contributed by atoms with Crippen molar-refractivity contribution in [1.82, 2.24) is 0 Å². The predicted octanol–water partition coefficient (Wildman–Crippen LogP) is 3.58. The monoisotopic (exact) mass is 235 g/mol. The van der Waals surface area contributed by atoms with Gasteiger partial charge in [-0.15, -0.1) is 0 Å². The highest BCUT2D eigenvalue weighted by Crippen LogP contribution is 2.28. The lowest BCUT2D eigenvalue weighted by Crippen LogP contribution is -1.92. The minimum absolute atomic E-state index is 0.259. The average molecular weight is 235 g/mol. The molecule has 0 amide bonds. The largest absolute Gasteiger partial charge is 0.452 e. The summed E-state index contributed by atoms with van der Waals surface area (Å²) in [4.78, 5) is 10.2. The fraction of sp³-hybridized carbons (Fsp3) is 0.0625. The quantitative estimate of drug-likeness (QED) is 0.648. The molecule has 0 bridgehead atoms. The maximum Gasteiger partial charge on any atom is 0.417 e. The topological polar surface area (TPSA) is 26.3 Å². The Morgan fingerprint density at radius 1 is 0.889 bits per heavy atom. The maximum atomic E-state index is 10.2. The van der Waals surface area contributed by atoms with Crippen molar-refractivity contribution in [3.05, 3.63) is 60.2 Å². The molecule has 0 aromatic heterocycles. The summed E-state index contributed by atoms with van der Waals surface area (Å²) in [6, 6.07) is 18.4. The number of ether oxygens (including phenoxy) is 1. The predicted molar refractivity (Wildman–Crippen MR) is 71.9 cm³/mol. The second-order valence-corrected chi connectivity index (χ2v) is 4.17. The molecule has 1 radical (unpaired) electrons. The van der Waals surface area contributed by atoms with Crippen LogP contribution < -0.4 is 0 Å². The van der Waals surface area contributed by atoms with Crippen LogP contribution in [0.5, 0.6) is 0 Å². The van der Waals surface area contributed by atoms with Crippen molar-refractivity contribution in [2.24, 2.45) is 0 Å². The first-order valence-electron chi connectivity index (χ1n) is 5.78. The molecule has 0 aliphatic carbocycles. The zero-order valence-electron chi connectivity index (χ0n) is 9.72. The van der Waals surface area contributed by atoms with Gasteiger partial charge >= 0.3 is 6.47 Å². The molecule has 0 saturated heterocycles. The molecule has 0 aliphatic heterocycles. The van der Waals surface area contributed by atoms with Crippen molar-refractivity contribution < 1.29 is 9.53 Å². The van der Waals surface area contributed by atoms with Gasteiger partial charge in [-0.1, -0.05) is 48.5 Å². The third-order valence-electron chi connectivity index (χ3n) is 3.14. The molecule has 3 aromatic carbocycles. The molecular formula is C16H11O2. The highest BCUT2D eigenvalue weighted by molar-refractivity contribution is 6.08. The van der Waals surface area contributed by atoms with E-state index in [2.05, 4.69) is 24.3 Å². The summed E-state index contributed by atoms with van der Waals surface area (Å²) in [6.07, 6.45) is 0. The summed E-state index contributed by atoms with van der Waals surface area (Å²) in [5.74, 6) is 0. The van der Waals surface area contributed by atoms with Crippen molar-refractivity contribution in [1.29, 1.82) is 0 Å². The lowest BCUT2D eigenvalue weighted by molar-refractivity contribution is 0.268. The second kappa shape index (κ2) is 4.49. The van der Waals surface area contributed by atoms with Crippen LogP contribution in [0.25, 0.3) is 21.5 Å². The molecule has 87 valence electrons. The average Bonchev–Trinajstić information content (AvgIpc) is 2.45. The van der Waals surface area contributed by atoms with Crippen LogP contribution in [0.4, 0.5) is 0 Å². The van der Waals surface area contributed by atoms with Gasteiger partial charge in [-0.05, 0) is 33.2 Å². The van der Waals surface area contributed by atoms with Crippen LogP contribution in [0, 0.1) is 0 Å². The van der Waals surface area contributed by atoms with Gasteiger partial charge in [-0.2, -0.15) is 0 Å². The molecule has 3 aromatic rings. The maximum absolute atomic E-state index is 10.2. The second-order valence-electron chi connectivity index (χ2n) is 4.17. The Bertz CT molecular complexity index is 716. The molecule has 0 fully saturated rings. The van der Waals surface area contributed by atoms with Gasteiger partial charge in [0.15, 0.2) is 0 Å². The van der Waals surface area contributed by atoms with Gasteiger partial charge < -0.3 is 4.74 Å². The first-order valence-corrected chi connectivity index (χ1v) is 5.78. The first kappa shape index (κ1) is 10.8. The van der Waals surface area contributed by atoms with Gasteiger partial charge in [-0.3, -0.25) is 0 Å². The van der Waals surface area contributed by atoms with Crippen LogP contribution >= 0.6 is 0 Å². The van der Waals surface area contributed by atoms with E-state index in [4.69, 9.17) is 4.74 Å². The molecule has 0 heterocycles. The summed E-state index contributed by atoms with van der Waals surface area (Å²) in [5, 5.41) is 4.67. The summed E-state index contributed by atoms with van der Waals surface area (Å²) < 4.78 is 4.77. The van der Waals surface area contributed by atoms with Crippen molar-refractivity contribution in [3.63, 3.8) is 0 Å². The van der Waals surface area contributed by atoms with Gasteiger partial charge in [0, 0.05) is 0 Å². The number of benzene rings is 3. The van der Waals surface area contributed by atoms with Crippen molar-refractivity contribution in [2.45, 2.75) is 6.61 Å². The molecule has 0 unspecified atom stereocenters. The van der Waals surface area contributed by atoms with Crippen LogP contribution in [-0.2, 0) is 16.1 Å². The Morgan fingerprint density at radius 2 is 1.56 bits per heavy atom. The van der Waals surface area contributed by atoms with Crippen molar-refractivity contribution >= 4 is 28.0 Å². The molecule has 0 atom stereocenters. The van der Waals surface area contributed by atoms with Crippen LogP contribution in [0.2, 0.25) is 0 Å². The SMILES string of the molecule is O=[C]OCc1cc2ccccc2c2ccccc12. The first-order chi connectivity index (χ1) is 8.90. The molecule has 18 heavy (non-hydrogen) atoms. The molecule has 0 aliphatic rings. The van der Waals surface area contributed by atoms with E-state index in [1.165, 1.54) is 17.2 Å². The van der Waals surface area contributed by atoms with Gasteiger partial charge in [0.05, 0.1) is 0 Å². The van der Waals surface area contributed by atoms with E-state index in [9.17, 15) is 4.79 Å². The molecule has 3 rings (SSSR count). The van der Waals surface area contributed by atoms with E-state index < -0.39 is 0 Å². The number of rotatable bonds is 3. The van der Waals surface area contributed by atoms with E-state index in [1.807, 2.05) is 30.3 Å². The molecule has 2 nitrogen and oxygen atoms in total. The number of fused-ring (bicyclic) bond motifs is 3. The molecule has 0 spiro atoms. The van der Waals surface area contributed by atoms with E-state index in [-0.39, 0.29) is 6.61 Å². The Morgan fingerprint density at radius 3 is 2.33 bits per heavy atom. The molecule has 0 saturated carbocycles. The Balaban J connectivity index is 2.35. The molecule has 0 N–H and O–H groups in total. The van der Waals surface area contributed by atoms with Crippen molar-refractivity contribution in [2.75, 3.05) is 0 Å². The van der Waals surface area contributed by atoms with E-state index in [1.54, 1.807) is 0 Å². The number of hydrogen-bond acceptors (Lipinski definition) is 2. The number of hydrogen-bond donors (Lipinski definition) is 0. The summed E-state index contributed by atoms with van der Waals surface area (Å²) in [6.45, 7) is 1.74. The van der Waals surface area contributed by atoms with Gasteiger partial charge in [0.1, 0.15) is 6.61 Å². The summed E-state index contributed by atoms with van der Waals surface area (Å²) in [5.41, 5.74) is 1.01. The van der Waals surface area contributed by atoms with Crippen LogP contribution in [0.1, 0.15) is 5.56 Å². The lowest BCUT2D eigenvalue weighted by atomic mass is 9.98. The molecular weight excluding hydrogens is 224 g/mol. The van der Waals surface area contributed by atoms with E-state index in [0.717, 1.165) is 16.3 Å². The highest BCUT2D eigenvalue weighted by Gasteiger charge is 2.06. The summed E-state index contributed by atoms with van der Waals surface area (Å²) >= 11 is 0. The smallest absolute Gasteiger partial charge is 0.417 e. The standard InChI is InChI=1S/C16H11O2/c17-11-18-10-13-9-12-5-1-2-6-14(12)16-8-4-3-7-15(13)16/h1-9H,10H2. The van der Waals surface area contributed by atoms with Crippen LogP contribution in [0.15, 0.2) is 54.6 Å². The van der Waals surface area contributed by atoms with Crippen LogP contribution in [0.3, 0.4) is 0 Å². The van der Waals surface area contributed by atoms with Gasteiger partial charge in [0.2, 0.25) is 0 Å². The minimum atomic E-state index is 0.259. The fourth-order valence-electron chi connectivity index (χ4n) is 2.36. The third-order valence-corrected chi connectivity index (χ3v) is 3.14. The van der Waals surface area contributed by atoms with E-state index in [0.29, 0.717) is 0 Å². The van der Waals surface area contributed by atoms with E-state index >= 15 is 0 Å².